The van der Waals surface area contributed by atoms with Crippen LogP contribution in [0.2, 0.25) is 0 Å². The molecule has 1 nitrogen and oxygen atoms in total. The van der Waals surface area contributed by atoms with Gasteiger partial charge in [-0.1, -0.05) is 19.1 Å². The Morgan fingerprint density at radius 2 is 1.80 bits per heavy atom. The zero-order valence-corrected chi connectivity index (χ0v) is 10.3. The molecule has 0 bridgehead atoms. The molecular formula is C14H20O. The van der Waals surface area contributed by atoms with Gasteiger partial charge in [0.2, 0.25) is 0 Å². The molecule has 82 valence electrons. The highest BCUT2D eigenvalue weighted by Gasteiger charge is 2.13. The van der Waals surface area contributed by atoms with Crippen molar-refractivity contribution in [3.05, 3.63) is 40.5 Å². The molecular weight excluding hydrogens is 184 g/mol. The normalized spacial score (nSPS) is 13.4. The van der Waals surface area contributed by atoms with E-state index in [-0.39, 0.29) is 5.92 Å². The smallest absolute Gasteiger partial charge is 0.119 e. The maximum absolute atomic E-state index is 9.96. The third kappa shape index (κ3) is 2.23. The van der Waals surface area contributed by atoms with Crippen LogP contribution in [0.3, 0.4) is 0 Å². The summed E-state index contributed by atoms with van der Waals surface area (Å²) in [6, 6.07) is 1.86. The van der Waals surface area contributed by atoms with E-state index in [1.54, 1.807) is 0 Å². The highest BCUT2D eigenvalue weighted by Crippen LogP contribution is 2.33. The van der Waals surface area contributed by atoms with E-state index in [1.165, 1.54) is 11.1 Å². The van der Waals surface area contributed by atoms with Crippen molar-refractivity contribution in [2.75, 3.05) is 0 Å². The number of phenolic OH excluding ortho intramolecular Hbond substituents is 1. The molecule has 1 aromatic carbocycles. The number of benzene rings is 1. The Kier molecular flexibility index (Phi) is 3.57. The van der Waals surface area contributed by atoms with Gasteiger partial charge in [0.25, 0.3) is 0 Å². The molecule has 0 saturated heterocycles. The van der Waals surface area contributed by atoms with Gasteiger partial charge in [-0.25, -0.2) is 0 Å². The third-order valence-electron chi connectivity index (χ3n) is 3.12. The zero-order valence-electron chi connectivity index (χ0n) is 10.3. The first-order valence-electron chi connectivity index (χ1n) is 5.41. The van der Waals surface area contributed by atoms with Gasteiger partial charge in [0.1, 0.15) is 5.75 Å². The molecule has 1 unspecified atom stereocenters. The van der Waals surface area contributed by atoms with Crippen molar-refractivity contribution in [1.29, 1.82) is 0 Å². The fraction of sp³-hybridized carbons (Fsp3) is 0.429. The molecule has 1 aromatic rings. The number of rotatable bonds is 2. The Bertz CT molecular complexity index is 389. The second-order valence-electron chi connectivity index (χ2n) is 4.19. The number of hydrogen-bond acceptors (Lipinski definition) is 1. The maximum atomic E-state index is 9.96. The summed E-state index contributed by atoms with van der Waals surface area (Å²) in [6.45, 7) is 10.3. The molecule has 1 rings (SSSR count). The number of phenols is 1. The average Bonchev–Trinajstić information content (AvgIpc) is 2.15. The molecule has 0 aromatic heterocycles. The topological polar surface area (TPSA) is 20.2 Å². The summed E-state index contributed by atoms with van der Waals surface area (Å²) in [7, 11) is 0. The molecule has 15 heavy (non-hydrogen) atoms. The van der Waals surface area contributed by atoms with E-state index in [4.69, 9.17) is 0 Å². The van der Waals surface area contributed by atoms with Crippen molar-refractivity contribution in [2.45, 2.75) is 40.5 Å². The van der Waals surface area contributed by atoms with Gasteiger partial charge in [0.15, 0.2) is 0 Å². The largest absolute Gasteiger partial charge is 0.508 e. The number of aryl methyl sites for hydroxylation is 1. The Balaban J connectivity index is 3.35. The summed E-state index contributed by atoms with van der Waals surface area (Å²) in [5.41, 5.74) is 4.69. The molecule has 0 aliphatic heterocycles. The highest BCUT2D eigenvalue weighted by atomic mass is 16.3. The van der Waals surface area contributed by atoms with Crippen LogP contribution in [-0.4, -0.2) is 5.11 Å². The van der Waals surface area contributed by atoms with E-state index >= 15 is 0 Å². The minimum absolute atomic E-state index is 0.272. The van der Waals surface area contributed by atoms with Gasteiger partial charge in [-0.3, -0.25) is 0 Å². The fourth-order valence-electron chi connectivity index (χ4n) is 2.04. The second-order valence-corrected chi connectivity index (χ2v) is 4.19. The van der Waals surface area contributed by atoms with Crippen molar-refractivity contribution in [1.82, 2.24) is 0 Å². The Labute approximate surface area is 92.5 Å². The lowest BCUT2D eigenvalue weighted by Crippen LogP contribution is -1.98. The van der Waals surface area contributed by atoms with E-state index in [0.717, 1.165) is 11.1 Å². The van der Waals surface area contributed by atoms with Crippen LogP contribution in [0.25, 0.3) is 0 Å². The fourth-order valence-corrected chi connectivity index (χ4v) is 2.04. The first kappa shape index (κ1) is 11.8. The van der Waals surface area contributed by atoms with E-state index in [0.29, 0.717) is 5.75 Å². The predicted molar refractivity (Wildman–Crippen MR) is 65.5 cm³/mol. The molecule has 0 fully saturated rings. The number of aromatic hydroxyl groups is 1. The lowest BCUT2D eigenvalue weighted by molar-refractivity contribution is 0.465. The summed E-state index contributed by atoms with van der Waals surface area (Å²) < 4.78 is 0. The predicted octanol–water partition coefficient (Wildman–Crippen LogP) is 4.00. The van der Waals surface area contributed by atoms with Gasteiger partial charge >= 0.3 is 0 Å². The second kappa shape index (κ2) is 4.52. The Hall–Kier alpha value is -1.24. The molecule has 0 saturated carbocycles. The number of allylic oxidation sites excluding steroid dienone is 2. The lowest BCUT2D eigenvalue weighted by Gasteiger charge is -2.17. The van der Waals surface area contributed by atoms with Gasteiger partial charge in [0, 0.05) is 11.5 Å². The minimum Gasteiger partial charge on any atom is -0.508 e. The summed E-state index contributed by atoms with van der Waals surface area (Å²) in [4.78, 5) is 0. The number of hydrogen-bond donors (Lipinski definition) is 1. The van der Waals surface area contributed by atoms with Crippen LogP contribution in [0.15, 0.2) is 18.2 Å². The van der Waals surface area contributed by atoms with Crippen LogP contribution >= 0.6 is 0 Å². The van der Waals surface area contributed by atoms with Crippen LogP contribution < -0.4 is 0 Å². The highest BCUT2D eigenvalue weighted by molar-refractivity contribution is 5.50. The van der Waals surface area contributed by atoms with E-state index in [1.807, 2.05) is 26.0 Å². The minimum atomic E-state index is 0.272. The van der Waals surface area contributed by atoms with Gasteiger partial charge in [-0.2, -0.15) is 0 Å². The summed E-state index contributed by atoms with van der Waals surface area (Å²) in [5, 5.41) is 9.96. The van der Waals surface area contributed by atoms with Crippen LogP contribution in [0.5, 0.6) is 5.75 Å². The van der Waals surface area contributed by atoms with Crippen molar-refractivity contribution in [3.8, 4) is 5.75 Å². The van der Waals surface area contributed by atoms with Crippen molar-refractivity contribution in [3.63, 3.8) is 0 Å². The molecule has 0 aliphatic carbocycles. The van der Waals surface area contributed by atoms with Crippen LogP contribution in [-0.2, 0) is 0 Å². The molecule has 1 heteroatoms. The Morgan fingerprint density at radius 1 is 1.20 bits per heavy atom. The van der Waals surface area contributed by atoms with Crippen LogP contribution in [0, 0.1) is 20.8 Å². The van der Waals surface area contributed by atoms with Crippen molar-refractivity contribution >= 4 is 0 Å². The van der Waals surface area contributed by atoms with E-state index in [2.05, 4.69) is 26.8 Å². The van der Waals surface area contributed by atoms with Gasteiger partial charge in [0.05, 0.1) is 0 Å². The molecule has 0 amide bonds. The van der Waals surface area contributed by atoms with Crippen molar-refractivity contribution < 1.29 is 5.11 Å². The Morgan fingerprint density at radius 3 is 2.33 bits per heavy atom. The van der Waals surface area contributed by atoms with E-state index < -0.39 is 0 Å². The SMILES string of the molecule is CC=CC(C)c1c(O)cc(C)c(C)c1C. The van der Waals surface area contributed by atoms with Gasteiger partial charge < -0.3 is 5.11 Å². The average molecular weight is 204 g/mol. The first-order chi connectivity index (χ1) is 6.99. The first-order valence-corrected chi connectivity index (χ1v) is 5.41. The molecule has 1 N–H and O–H groups in total. The lowest BCUT2D eigenvalue weighted by atomic mass is 9.90. The molecule has 0 aliphatic rings. The monoisotopic (exact) mass is 204 g/mol. The van der Waals surface area contributed by atoms with Crippen LogP contribution in [0.4, 0.5) is 0 Å². The summed E-state index contributed by atoms with van der Waals surface area (Å²) in [5.74, 6) is 0.690. The zero-order chi connectivity index (χ0) is 11.6. The van der Waals surface area contributed by atoms with Crippen molar-refractivity contribution in [2.24, 2.45) is 0 Å². The molecule has 0 heterocycles. The standard InChI is InChI=1S/C14H20O/c1-6-7-9(2)14-12(5)11(4)10(3)8-13(14)15/h6-9,15H,1-5H3. The maximum Gasteiger partial charge on any atom is 0.119 e. The summed E-state index contributed by atoms with van der Waals surface area (Å²) in [6.07, 6.45) is 4.13. The molecule has 0 radical (unpaired) electrons. The summed E-state index contributed by atoms with van der Waals surface area (Å²) >= 11 is 0. The van der Waals surface area contributed by atoms with Crippen LogP contribution in [0.1, 0.15) is 42.0 Å². The van der Waals surface area contributed by atoms with Gasteiger partial charge in [-0.15, -0.1) is 0 Å². The quantitative estimate of drug-likeness (QED) is 0.722. The van der Waals surface area contributed by atoms with Gasteiger partial charge in [-0.05, 0) is 50.5 Å². The third-order valence-corrected chi connectivity index (χ3v) is 3.12. The van der Waals surface area contributed by atoms with E-state index in [9.17, 15) is 5.11 Å². The molecule has 1 atom stereocenters. The molecule has 0 spiro atoms.